The van der Waals surface area contributed by atoms with Crippen molar-refractivity contribution in [2.24, 2.45) is 0 Å². The molecule has 0 unspecified atom stereocenters. The lowest BCUT2D eigenvalue weighted by Gasteiger charge is -2.30. The van der Waals surface area contributed by atoms with Gasteiger partial charge in [-0.25, -0.2) is 4.79 Å². The van der Waals surface area contributed by atoms with Crippen molar-refractivity contribution in [3.05, 3.63) is 23.8 Å². The highest BCUT2D eigenvalue weighted by Crippen LogP contribution is 2.36. The molecule has 19 heavy (non-hydrogen) atoms. The van der Waals surface area contributed by atoms with Crippen LogP contribution >= 0.6 is 0 Å². The number of anilines is 1. The quantitative estimate of drug-likeness (QED) is 0.905. The molecule has 3 rings (SSSR count). The SMILES string of the molecule is O=C(O)c1ccc(OC2CC2)c(N2CCCCC2)c1. The molecule has 1 aromatic carbocycles. The molecule has 4 heteroatoms. The number of carboxylic acid groups (broad SMARTS) is 1. The van der Waals surface area contributed by atoms with E-state index in [1.807, 2.05) is 6.07 Å². The lowest BCUT2D eigenvalue weighted by molar-refractivity contribution is 0.0697. The highest BCUT2D eigenvalue weighted by molar-refractivity contribution is 5.89. The third-order valence-electron chi connectivity index (χ3n) is 3.72. The Bertz CT molecular complexity index is 476. The summed E-state index contributed by atoms with van der Waals surface area (Å²) in [6.45, 7) is 1.98. The average molecular weight is 261 g/mol. The van der Waals surface area contributed by atoms with E-state index < -0.39 is 5.97 Å². The van der Waals surface area contributed by atoms with Crippen LogP contribution in [0, 0.1) is 0 Å². The van der Waals surface area contributed by atoms with Gasteiger partial charge in [0, 0.05) is 13.1 Å². The number of carbonyl (C=O) groups is 1. The Labute approximate surface area is 113 Å². The van der Waals surface area contributed by atoms with Crippen LogP contribution in [0.15, 0.2) is 18.2 Å². The second kappa shape index (κ2) is 5.11. The summed E-state index contributed by atoms with van der Waals surface area (Å²) in [4.78, 5) is 13.4. The molecule has 1 saturated heterocycles. The fourth-order valence-corrected chi connectivity index (χ4v) is 2.50. The van der Waals surface area contributed by atoms with Crippen molar-refractivity contribution >= 4 is 11.7 Å². The summed E-state index contributed by atoms with van der Waals surface area (Å²) < 4.78 is 5.91. The van der Waals surface area contributed by atoms with Gasteiger partial charge in [0.25, 0.3) is 0 Å². The molecule has 1 aliphatic carbocycles. The van der Waals surface area contributed by atoms with Gasteiger partial charge in [-0.05, 0) is 50.3 Å². The molecule has 102 valence electrons. The number of aromatic carboxylic acids is 1. The number of carboxylic acids is 1. The lowest BCUT2D eigenvalue weighted by Crippen LogP contribution is -2.30. The molecule has 1 aromatic rings. The van der Waals surface area contributed by atoms with Crippen molar-refractivity contribution in [3.63, 3.8) is 0 Å². The van der Waals surface area contributed by atoms with Crippen LogP contribution in [0.5, 0.6) is 5.75 Å². The van der Waals surface area contributed by atoms with Crippen molar-refractivity contribution in [2.45, 2.75) is 38.2 Å². The molecular weight excluding hydrogens is 242 g/mol. The average Bonchev–Trinajstić information content (AvgIpc) is 3.24. The molecule has 0 amide bonds. The van der Waals surface area contributed by atoms with Crippen LogP contribution in [0.4, 0.5) is 5.69 Å². The van der Waals surface area contributed by atoms with Crippen LogP contribution in [0.25, 0.3) is 0 Å². The smallest absolute Gasteiger partial charge is 0.335 e. The summed E-state index contributed by atoms with van der Waals surface area (Å²) in [5.74, 6) is -0.0365. The molecule has 0 atom stereocenters. The molecule has 0 bridgehead atoms. The first-order chi connectivity index (χ1) is 9.24. The fourth-order valence-electron chi connectivity index (χ4n) is 2.50. The third-order valence-corrected chi connectivity index (χ3v) is 3.72. The molecule has 1 heterocycles. The monoisotopic (exact) mass is 261 g/mol. The maximum absolute atomic E-state index is 11.1. The molecule has 0 radical (unpaired) electrons. The second-order valence-electron chi connectivity index (χ2n) is 5.35. The van der Waals surface area contributed by atoms with Crippen molar-refractivity contribution in [1.29, 1.82) is 0 Å². The van der Waals surface area contributed by atoms with E-state index in [1.165, 1.54) is 19.3 Å². The van der Waals surface area contributed by atoms with Gasteiger partial charge in [-0.2, -0.15) is 0 Å². The van der Waals surface area contributed by atoms with E-state index in [9.17, 15) is 4.79 Å². The van der Waals surface area contributed by atoms with Gasteiger partial charge in [0.15, 0.2) is 0 Å². The number of rotatable bonds is 4. The van der Waals surface area contributed by atoms with Crippen LogP contribution < -0.4 is 9.64 Å². The minimum atomic E-state index is -0.878. The molecule has 2 fully saturated rings. The molecule has 1 saturated carbocycles. The van der Waals surface area contributed by atoms with Crippen LogP contribution in [-0.2, 0) is 0 Å². The van der Waals surface area contributed by atoms with Gasteiger partial charge in [-0.3, -0.25) is 0 Å². The molecular formula is C15H19NO3. The predicted molar refractivity (Wildman–Crippen MR) is 73.1 cm³/mol. The Morgan fingerprint density at radius 2 is 1.95 bits per heavy atom. The molecule has 2 aliphatic rings. The Hall–Kier alpha value is -1.71. The van der Waals surface area contributed by atoms with Gasteiger partial charge < -0.3 is 14.7 Å². The number of hydrogen-bond donors (Lipinski definition) is 1. The van der Waals surface area contributed by atoms with Crippen LogP contribution in [0.1, 0.15) is 42.5 Å². The number of benzene rings is 1. The summed E-state index contributed by atoms with van der Waals surface area (Å²) in [5, 5.41) is 9.13. The van der Waals surface area contributed by atoms with Gasteiger partial charge in [0.1, 0.15) is 5.75 Å². The Kier molecular flexibility index (Phi) is 3.32. The van der Waals surface area contributed by atoms with Gasteiger partial charge in [-0.1, -0.05) is 0 Å². The summed E-state index contributed by atoms with van der Waals surface area (Å²) in [7, 11) is 0. The number of ether oxygens (including phenoxy) is 1. The standard InChI is InChI=1S/C15H19NO3/c17-15(18)11-4-7-14(19-12-5-6-12)13(10-11)16-8-2-1-3-9-16/h4,7,10,12H,1-3,5-6,8-9H2,(H,17,18). The van der Waals surface area contributed by atoms with E-state index in [0.717, 1.165) is 37.4 Å². The normalized spacial score (nSPS) is 19.3. The van der Waals surface area contributed by atoms with Crippen LogP contribution in [0.2, 0.25) is 0 Å². The van der Waals surface area contributed by atoms with Gasteiger partial charge in [0.2, 0.25) is 0 Å². The minimum absolute atomic E-state index is 0.333. The highest BCUT2D eigenvalue weighted by Gasteiger charge is 2.26. The minimum Gasteiger partial charge on any atom is -0.488 e. The Morgan fingerprint density at radius 3 is 2.58 bits per heavy atom. The summed E-state index contributed by atoms with van der Waals surface area (Å²) in [5.41, 5.74) is 1.29. The van der Waals surface area contributed by atoms with E-state index >= 15 is 0 Å². The van der Waals surface area contributed by atoms with Crippen LogP contribution in [-0.4, -0.2) is 30.3 Å². The van der Waals surface area contributed by atoms with E-state index in [1.54, 1.807) is 12.1 Å². The highest BCUT2D eigenvalue weighted by atomic mass is 16.5. The van der Waals surface area contributed by atoms with E-state index in [0.29, 0.717) is 11.7 Å². The topological polar surface area (TPSA) is 49.8 Å². The molecule has 0 aromatic heterocycles. The Balaban J connectivity index is 1.90. The molecule has 4 nitrogen and oxygen atoms in total. The predicted octanol–water partition coefficient (Wildman–Crippen LogP) is 2.92. The van der Waals surface area contributed by atoms with Crippen molar-refractivity contribution in [2.75, 3.05) is 18.0 Å². The van der Waals surface area contributed by atoms with Crippen molar-refractivity contribution in [1.82, 2.24) is 0 Å². The maximum atomic E-state index is 11.1. The number of hydrogen-bond acceptors (Lipinski definition) is 3. The first-order valence-electron chi connectivity index (χ1n) is 7.03. The Morgan fingerprint density at radius 1 is 1.21 bits per heavy atom. The van der Waals surface area contributed by atoms with Gasteiger partial charge in [0.05, 0.1) is 17.4 Å². The van der Waals surface area contributed by atoms with Gasteiger partial charge >= 0.3 is 5.97 Å². The summed E-state index contributed by atoms with van der Waals surface area (Å²) >= 11 is 0. The zero-order valence-electron chi connectivity index (χ0n) is 11.0. The molecule has 0 spiro atoms. The van der Waals surface area contributed by atoms with Crippen molar-refractivity contribution < 1.29 is 14.6 Å². The van der Waals surface area contributed by atoms with E-state index in [4.69, 9.17) is 9.84 Å². The lowest BCUT2D eigenvalue weighted by atomic mass is 10.1. The maximum Gasteiger partial charge on any atom is 0.335 e. The second-order valence-corrected chi connectivity index (χ2v) is 5.35. The van der Waals surface area contributed by atoms with Crippen LogP contribution in [0.3, 0.4) is 0 Å². The zero-order chi connectivity index (χ0) is 13.2. The van der Waals surface area contributed by atoms with E-state index in [2.05, 4.69) is 4.90 Å². The molecule has 1 N–H and O–H groups in total. The number of nitrogens with zero attached hydrogens (tertiary/aromatic N) is 1. The van der Waals surface area contributed by atoms with E-state index in [-0.39, 0.29) is 0 Å². The largest absolute Gasteiger partial charge is 0.488 e. The first-order valence-corrected chi connectivity index (χ1v) is 7.03. The van der Waals surface area contributed by atoms with Crippen molar-refractivity contribution in [3.8, 4) is 5.75 Å². The zero-order valence-corrected chi connectivity index (χ0v) is 11.0. The summed E-state index contributed by atoms with van der Waals surface area (Å²) in [6.07, 6.45) is 6.15. The van der Waals surface area contributed by atoms with Gasteiger partial charge in [-0.15, -0.1) is 0 Å². The molecule has 1 aliphatic heterocycles. The summed E-state index contributed by atoms with van der Waals surface area (Å²) in [6, 6.07) is 5.20. The third kappa shape index (κ3) is 2.83. The number of piperidine rings is 1. The fraction of sp³-hybridized carbons (Fsp3) is 0.533. The first kappa shape index (κ1) is 12.3.